The number of aromatic nitrogens is 4. The molecule has 2 unspecified atom stereocenters. The standard InChI is InChI=1S/C37H44Cl2N8O6.2C2H6/c1-20(2)17-46(29(48)15-40-36(50)52-5)18-27-42-31(34(38)44-27)25-11-7-23(8-12-25)24-9-13-26(14-10-24)32-35(39)45-28(43-32)19-47(33-21(3)22(33)4)30(49)16-41-37(51)53-6;2*1-2/h7-14,20-22,33H,15-19H2,1-6H3,(H,40,50)(H,41,51)(H,42,44)(H,43,45);2*1-2H3/t21-,22?,33?;;/m1../s1. The van der Waals surface area contributed by atoms with Gasteiger partial charge in [0.25, 0.3) is 0 Å². The SMILES string of the molecule is CC.CC.COC(=O)NCC(=O)N(Cc1nc(-c2ccc(-c3ccc(-c4nc(CN(C(=O)CNC(=O)OC)C5C(C)[C@H]5C)[nH]c4Cl)cc3)cc2)c(Cl)[nH]1)CC(C)C. The fourth-order valence-corrected chi connectivity index (χ4v) is 6.74. The van der Waals surface area contributed by atoms with Gasteiger partial charge in [0, 0.05) is 23.7 Å². The molecule has 0 bridgehead atoms. The van der Waals surface area contributed by atoms with Gasteiger partial charge >= 0.3 is 12.2 Å². The lowest BCUT2D eigenvalue weighted by atomic mass is 10.0. The molecule has 2 heterocycles. The maximum absolute atomic E-state index is 13.1. The van der Waals surface area contributed by atoms with Crippen LogP contribution >= 0.6 is 23.2 Å². The van der Waals surface area contributed by atoms with E-state index in [0.717, 1.165) is 22.3 Å². The van der Waals surface area contributed by atoms with E-state index in [1.807, 2.05) is 90.1 Å². The van der Waals surface area contributed by atoms with Gasteiger partial charge in [-0.2, -0.15) is 0 Å². The Kier molecular flexibility index (Phi) is 17.9. The quantitative estimate of drug-likeness (QED) is 0.0985. The van der Waals surface area contributed by atoms with Gasteiger partial charge in [0.2, 0.25) is 11.8 Å². The Labute approximate surface area is 345 Å². The molecule has 16 heteroatoms. The number of carbonyl (C=O) groups excluding carboxylic acids is 4. The average molecular weight is 828 g/mol. The normalized spacial score (nSPS) is 15.3. The highest BCUT2D eigenvalue weighted by Crippen LogP contribution is 2.43. The van der Waals surface area contributed by atoms with Crippen molar-refractivity contribution >= 4 is 47.2 Å². The minimum Gasteiger partial charge on any atom is -0.453 e. The molecule has 310 valence electrons. The number of carbonyl (C=O) groups is 4. The molecule has 1 aliphatic carbocycles. The maximum atomic E-state index is 13.1. The average Bonchev–Trinajstić information content (AvgIpc) is 3.46. The first-order valence-electron chi connectivity index (χ1n) is 19.2. The Morgan fingerprint density at radius 3 is 1.46 bits per heavy atom. The number of aromatic amines is 2. The summed E-state index contributed by atoms with van der Waals surface area (Å²) in [6, 6.07) is 15.7. The molecule has 2 aromatic carbocycles. The van der Waals surface area contributed by atoms with Crippen LogP contribution in [-0.4, -0.2) is 93.6 Å². The topological polar surface area (TPSA) is 175 Å². The summed E-state index contributed by atoms with van der Waals surface area (Å²) < 4.78 is 9.17. The highest BCUT2D eigenvalue weighted by atomic mass is 35.5. The molecule has 4 aromatic rings. The van der Waals surface area contributed by atoms with Crippen molar-refractivity contribution < 1.29 is 28.7 Å². The van der Waals surface area contributed by atoms with Crippen LogP contribution in [0.2, 0.25) is 10.3 Å². The van der Waals surface area contributed by atoms with Crippen molar-refractivity contribution in [2.24, 2.45) is 17.8 Å². The monoisotopic (exact) mass is 826 g/mol. The van der Waals surface area contributed by atoms with E-state index < -0.39 is 12.2 Å². The molecule has 2 aromatic heterocycles. The van der Waals surface area contributed by atoms with Crippen molar-refractivity contribution in [3.8, 4) is 33.6 Å². The van der Waals surface area contributed by atoms with Crippen LogP contribution in [0.4, 0.5) is 9.59 Å². The molecule has 0 spiro atoms. The van der Waals surface area contributed by atoms with Crippen molar-refractivity contribution in [3.05, 3.63) is 70.5 Å². The number of benzene rings is 2. The molecule has 3 atom stereocenters. The molecule has 1 saturated carbocycles. The molecule has 1 fully saturated rings. The number of imidazole rings is 2. The van der Waals surface area contributed by atoms with Crippen molar-refractivity contribution in [1.29, 1.82) is 0 Å². The van der Waals surface area contributed by atoms with E-state index in [0.29, 0.717) is 51.7 Å². The van der Waals surface area contributed by atoms with E-state index in [1.54, 1.807) is 9.80 Å². The van der Waals surface area contributed by atoms with Crippen LogP contribution in [0, 0.1) is 17.8 Å². The number of hydrogen-bond donors (Lipinski definition) is 4. The van der Waals surface area contributed by atoms with Gasteiger partial charge in [-0.25, -0.2) is 19.6 Å². The second-order valence-corrected chi connectivity index (χ2v) is 14.2. The van der Waals surface area contributed by atoms with Crippen molar-refractivity contribution in [1.82, 2.24) is 40.4 Å². The van der Waals surface area contributed by atoms with Crippen LogP contribution in [-0.2, 0) is 32.2 Å². The lowest BCUT2D eigenvalue weighted by molar-refractivity contribution is -0.132. The van der Waals surface area contributed by atoms with Crippen LogP contribution in [0.5, 0.6) is 0 Å². The molecule has 1 aliphatic rings. The van der Waals surface area contributed by atoms with E-state index in [4.69, 9.17) is 28.2 Å². The molecule has 4 N–H and O–H groups in total. The van der Waals surface area contributed by atoms with Crippen molar-refractivity contribution in [3.63, 3.8) is 0 Å². The number of halogens is 2. The summed E-state index contributed by atoms with van der Waals surface area (Å²) in [6.07, 6.45) is -1.35. The highest BCUT2D eigenvalue weighted by molar-refractivity contribution is 6.32. The van der Waals surface area contributed by atoms with E-state index in [9.17, 15) is 19.2 Å². The Balaban J connectivity index is 0.00000211. The van der Waals surface area contributed by atoms with Crippen LogP contribution in [0.15, 0.2) is 48.5 Å². The Morgan fingerprint density at radius 1 is 0.684 bits per heavy atom. The van der Waals surface area contributed by atoms with Gasteiger partial charge in [-0.15, -0.1) is 0 Å². The third-order valence-electron chi connectivity index (χ3n) is 9.25. The largest absolute Gasteiger partial charge is 0.453 e. The van der Waals surface area contributed by atoms with Gasteiger partial charge in [0.15, 0.2) is 0 Å². The summed E-state index contributed by atoms with van der Waals surface area (Å²) in [7, 11) is 2.49. The number of amides is 4. The molecule has 57 heavy (non-hydrogen) atoms. The van der Waals surface area contributed by atoms with Gasteiger partial charge in [-0.1, -0.05) is 127 Å². The predicted molar refractivity (Wildman–Crippen MR) is 223 cm³/mol. The number of H-pyrrole nitrogens is 2. The second kappa shape index (κ2) is 22.0. The molecule has 0 saturated heterocycles. The molecule has 0 aliphatic heterocycles. The van der Waals surface area contributed by atoms with Crippen LogP contribution < -0.4 is 10.6 Å². The summed E-state index contributed by atoms with van der Waals surface area (Å²) in [5, 5.41) is 5.60. The number of hydrogen-bond acceptors (Lipinski definition) is 8. The zero-order valence-corrected chi connectivity index (χ0v) is 36.0. The molecule has 14 nitrogen and oxygen atoms in total. The lowest BCUT2D eigenvalue weighted by Crippen LogP contribution is -2.42. The Hall–Kier alpha value is -5.08. The van der Waals surface area contributed by atoms with Gasteiger partial charge < -0.3 is 39.9 Å². The molecular formula is C41H56Cl2N8O6. The van der Waals surface area contributed by atoms with Gasteiger partial charge in [-0.3, -0.25) is 9.59 Å². The first-order chi connectivity index (χ1) is 27.3. The minimum absolute atomic E-state index is 0.0324. The molecular weight excluding hydrogens is 771 g/mol. The number of nitrogens with zero attached hydrogens (tertiary/aromatic N) is 4. The molecule has 0 radical (unpaired) electrons. The molecule has 4 amide bonds. The van der Waals surface area contributed by atoms with E-state index >= 15 is 0 Å². The highest BCUT2D eigenvalue weighted by Gasteiger charge is 2.48. The van der Waals surface area contributed by atoms with Crippen molar-refractivity contribution in [2.45, 2.75) is 74.5 Å². The number of nitrogens with one attached hydrogen (secondary N) is 4. The third-order valence-corrected chi connectivity index (χ3v) is 9.80. The predicted octanol–water partition coefficient (Wildman–Crippen LogP) is 8.17. The zero-order chi connectivity index (χ0) is 42.4. The first-order valence-corrected chi connectivity index (χ1v) is 20.0. The maximum Gasteiger partial charge on any atom is 0.407 e. The number of methoxy groups -OCH3 is 2. The fraction of sp³-hybridized carbons (Fsp3) is 0.463. The Bertz CT molecular complexity index is 1920. The van der Waals surface area contributed by atoms with Crippen molar-refractivity contribution in [2.75, 3.05) is 33.9 Å². The zero-order valence-electron chi connectivity index (χ0n) is 34.5. The molecule has 5 rings (SSSR count). The Morgan fingerprint density at radius 2 is 1.07 bits per heavy atom. The summed E-state index contributed by atoms with van der Waals surface area (Å²) >= 11 is 13.2. The fourth-order valence-electron chi connectivity index (χ4n) is 6.22. The number of ether oxygens (including phenoxy) is 2. The smallest absolute Gasteiger partial charge is 0.407 e. The van der Waals surface area contributed by atoms with Gasteiger partial charge in [-0.05, 0) is 28.9 Å². The van der Waals surface area contributed by atoms with Crippen LogP contribution in [0.1, 0.15) is 67.0 Å². The van der Waals surface area contributed by atoms with Gasteiger partial charge in [0.1, 0.15) is 46.4 Å². The summed E-state index contributed by atoms with van der Waals surface area (Å²) in [6.45, 7) is 16.7. The number of rotatable bonds is 14. The van der Waals surface area contributed by atoms with Crippen LogP contribution in [0.3, 0.4) is 0 Å². The summed E-state index contributed by atoms with van der Waals surface area (Å²) in [5.41, 5.74) is 4.66. The lowest BCUT2D eigenvalue weighted by Gasteiger charge is -2.23. The van der Waals surface area contributed by atoms with E-state index in [-0.39, 0.29) is 50.0 Å². The summed E-state index contributed by atoms with van der Waals surface area (Å²) in [5.74, 6) is 1.39. The van der Waals surface area contributed by atoms with Gasteiger partial charge in [0.05, 0.1) is 27.3 Å². The second-order valence-electron chi connectivity index (χ2n) is 13.4. The summed E-state index contributed by atoms with van der Waals surface area (Å²) in [4.78, 5) is 67.9. The van der Waals surface area contributed by atoms with E-state index in [2.05, 4.69) is 48.9 Å². The minimum atomic E-state index is -0.679. The van der Waals surface area contributed by atoms with E-state index in [1.165, 1.54) is 14.2 Å². The van der Waals surface area contributed by atoms with Crippen LogP contribution in [0.25, 0.3) is 33.6 Å². The number of alkyl carbamates (subject to hydrolysis) is 2. The third kappa shape index (κ3) is 12.5. The first kappa shape index (κ1) is 46.3.